The van der Waals surface area contributed by atoms with Crippen LogP contribution < -0.4 is 10.1 Å². The highest BCUT2D eigenvalue weighted by Crippen LogP contribution is 2.16. The second-order valence-electron chi connectivity index (χ2n) is 9.58. The molecule has 2 aromatic heterocycles. The van der Waals surface area contributed by atoms with Gasteiger partial charge in [-0.2, -0.15) is 0 Å². The van der Waals surface area contributed by atoms with Crippen LogP contribution in [0, 0.1) is 6.92 Å². The summed E-state index contributed by atoms with van der Waals surface area (Å²) in [5.41, 5.74) is 5.80. The lowest BCUT2D eigenvalue weighted by Gasteiger charge is -2.14. The molecule has 5 aromatic rings. The normalized spacial score (nSPS) is 11.9. The van der Waals surface area contributed by atoms with Crippen molar-refractivity contribution < 1.29 is 19.4 Å². The van der Waals surface area contributed by atoms with Crippen molar-refractivity contribution in [3.8, 4) is 5.75 Å². The molecular weight excluding hydrogens is 502 g/mol. The number of fused-ring (bicyclic) bond motifs is 1. The van der Waals surface area contributed by atoms with Crippen LogP contribution in [0.4, 0.5) is 0 Å². The number of amides is 1. The van der Waals surface area contributed by atoms with Gasteiger partial charge in [0.25, 0.3) is 5.91 Å². The van der Waals surface area contributed by atoms with E-state index in [2.05, 4.69) is 34.6 Å². The third kappa shape index (κ3) is 6.82. The molecule has 0 aliphatic carbocycles. The van der Waals surface area contributed by atoms with Crippen LogP contribution in [0.1, 0.15) is 38.3 Å². The second-order valence-corrected chi connectivity index (χ2v) is 9.58. The summed E-state index contributed by atoms with van der Waals surface area (Å²) in [6, 6.07) is 27.9. The summed E-state index contributed by atoms with van der Waals surface area (Å²) in [7, 11) is 0. The van der Waals surface area contributed by atoms with E-state index in [0.717, 1.165) is 22.3 Å². The van der Waals surface area contributed by atoms with Crippen molar-refractivity contribution in [2.24, 2.45) is 0 Å². The van der Waals surface area contributed by atoms with E-state index in [1.807, 2.05) is 67.7 Å². The molecule has 2 N–H and O–H groups in total. The molecule has 7 nitrogen and oxygen atoms in total. The van der Waals surface area contributed by atoms with Gasteiger partial charge in [0.1, 0.15) is 29.7 Å². The van der Waals surface area contributed by atoms with Crippen molar-refractivity contribution >= 4 is 29.7 Å². The lowest BCUT2D eigenvalue weighted by Crippen LogP contribution is -2.42. The van der Waals surface area contributed by atoms with E-state index in [-0.39, 0.29) is 12.1 Å². The highest BCUT2D eigenvalue weighted by atomic mass is 16.5. The number of aliphatic carboxylic acids is 1. The molecule has 1 atom stereocenters. The SMILES string of the molecule is Cc1ccc(/C=C/c2ccc3nc(C(=O)NC(Cc4ccc(OCc5ccccc5)cc4)C(=O)O)cn3c2)cc1. The summed E-state index contributed by atoms with van der Waals surface area (Å²) in [5, 5.41) is 12.4. The number of carboxylic acid groups (broad SMARTS) is 1. The van der Waals surface area contributed by atoms with Crippen molar-refractivity contribution in [3.05, 3.63) is 137 Å². The molecular formula is C33H29N3O4. The Hall–Kier alpha value is -5.17. The number of hydrogen-bond donors (Lipinski definition) is 2. The van der Waals surface area contributed by atoms with Crippen LogP contribution in [0.25, 0.3) is 17.8 Å². The summed E-state index contributed by atoms with van der Waals surface area (Å²) in [6.45, 7) is 2.49. The van der Waals surface area contributed by atoms with Gasteiger partial charge in [-0.05, 0) is 53.4 Å². The molecule has 1 unspecified atom stereocenters. The molecule has 7 heteroatoms. The van der Waals surface area contributed by atoms with Gasteiger partial charge >= 0.3 is 5.97 Å². The largest absolute Gasteiger partial charge is 0.489 e. The molecule has 0 saturated carbocycles. The fraction of sp³-hybridized carbons (Fsp3) is 0.121. The Labute approximate surface area is 232 Å². The molecule has 0 fully saturated rings. The lowest BCUT2D eigenvalue weighted by atomic mass is 10.1. The lowest BCUT2D eigenvalue weighted by molar-refractivity contribution is -0.139. The molecule has 0 radical (unpaired) electrons. The van der Waals surface area contributed by atoms with E-state index in [1.54, 1.807) is 34.9 Å². The average molecular weight is 532 g/mol. The Bertz CT molecular complexity index is 1640. The fourth-order valence-corrected chi connectivity index (χ4v) is 4.22. The molecule has 40 heavy (non-hydrogen) atoms. The van der Waals surface area contributed by atoms with Crippen LogP contribution in [-0.2, 0) is 17.8 Å². The van der Waals surface area contributed by atoms with E-state index in [9.17, 15) is 14.7 Å². The van der Waals surface area contributed by atoms with Crippen molar-refractivity contribution in [1.29, 1.82) is 0 Å². The van der Waals surface area contributed by atoms with Crippen molar-refractivity contribution in [2.75, 3.05) is 0 Å². The summed E-state index contributed by atoms with van der Waals surface area (Å²) in [5.74, 6) is -0.984. The van der Waals surface area contributed by atoms with Crippen LogP contribution >= 0.6 is 0 Å². The number of aromatic nitrogens is 2. The van der Waals surface area contributed by atoms with Gasteiger partial charge in [-0.1, -0.05) is 84.4 Å². The Morgan fingerprint density at radius 1 is 0.875 bits per heavy atom. The number of carbonyl (C=O) groups excluding carboxylic acids is 1. The quantitative estimate of drug-likeness (QED) is 0.237. The van der Waals surface area contributed by atoms with Crippen LogP contribution in [0.5, 0.6) is 5.75 Å². The topological polar surface area (TPSA) is 92.9 Å². The van der Waals surface area contributed by atoms with Crippen molar-refractivity contribution in [1.82, 2.24) is 14.7 Å². The first-order valence-electron chi connectivity index (χ1n) is 13.0. The maximum Gasteiger partial charge on any atom is 0.326 e. The molecule has 0 aliphatic heterocycles. The number of carboxylic acids is 1. The standard InChI is InChI=1S/C33H29N3O4/c1-23-7-9-24(10-8-23)11-12-26-15-18-31-34-30(21-36(31)20-26)32(37)35-29(33(38)39)19-25-13-16-28(17-14-25)40-22-27-5-3-2-4-6-27/h2-18,20-21,29H,19,22H2,1H3,(H,35,37)(H,38,39)/b12-11+. The first kappa shape index (κ1) is 26.4. The van der Waals surface area contributed by atoms with Crippen LogP contribution in [0.15, 0.2) is 103 Å². The minimum absolute atomic E-state index is 0.126. The summed E-state index contributed by atoms with van der Waals surface area (Å²) in [6.07, 6.45) is 7.61. The molecule has 2 heterocycles. The van der Waals surface area contributed by atoms with Gasteiger partial charge in [0.05, 0.1) is 0 Å². The maximum absolute atomic E-state index is 12.9. The summed E-state index contributed by atoms with van der Waals surface area (Å²) < 4.78 is 7.56. The fourth-order valence-electron chi connectivity index (χ4n) is 4.22. The van der Waals surface area contributed by atoms with E-state index >= 15 is 0 Å². The smallest absolute Gasteiger partial charge is 0.326 e. The number of carbonyl (C=O) groups is 2. The van der Waals surface area contributed by atoms with Gasteiger partial charge in [-0.3, -0.25) is 4.79 Å². The van der Waals surface area contributed by atoms with Gasteiger partial charge < -0.3 is 19.6 Å². The maximum atomic E-state index is 12.9. The number of imidazole rings is 1. The Morgan fingerprint density at radius 2 is 1.57 bits per heavy atom. The molecule has 0 bridgehead atoms. The average Bonchev–Trinajstić information content (AvgIpc) is 3.40. The third-order valence-electron chi connectivity index (χ3n) is 6.47. The Kier molecular flexibility index (Phi) is 8.02. The van der Waals surface area contributed by atoms with E-state index in [1.165, 1.54) is 5.56 Å². The number of benzene rings is 3. The Balaban J connectivity index is 1.21. The molecule has 200 valence electrons. The van der Waals surface area contributed by atoms with Crippen molar-refractivity contribution in [3.63, 3.8) is 0 Å². The zero-order chi connectivity index (χ0) is 27.9. The molecule has 0 aliphatic rings. The second kappa shape index (κ2) is 12.1. The predicted octanol–water partition coefficient (Wildman–Crippen LogP) is 5.82. The van der Waals surface area contributed by atoms with Crippen molar-refractivity contribution in [2.45, 2.75) is 26.0 Å². The number of aryl methyl sites for hydroxylation is 1. The molecule has 1 amide bonds. The number of nitrogens with one attached hydrogen (secondary N) is 1. The number of nitrogens with zero attached hydrogens (tertiary/aromatic N) is 2. The summed E-state index contributed by atoms with van der Waals surface area (Å²) in [4.78, 5) is 29.3. The van der Waals surface area contributed by atoms with Crippen LogP contribution in [0.3, 0.4) is 0 Å². The van der Waals surface area contributed by atoms with E-state index in [4.69, 9.17) is 4.74 Å². The number of rotatable bonds is 10. The molecule has 3 aromatic carbocycles. The third-order valence-corrected chi connectivity index (χ3v) is 6.47. The van der Waals surface area contributed by atoms with Gasteiger partial charge in [0, 0.05) is 18.8 Å². The predicted molar refractivity (Wildman–Crippen MR) is 155 cm³/mol. The molecule has 5 rings (SSSR count). The molecule has 0 saturated heterocycles. The highest BCUT2D eigenvalue weighted by molar-refractivity contribution is 5.95. The van der Waals surface area contributed by atoms with Crippen LogP contribution in [-0.4, -0.2) is 32.4 Å². The van der Waals surface area contributed by atoms with Gasteiger partial charge in [-0.15, -0.1) is 0 Å². The van der Waals surface area contributed by atoms with Gasteiger partial charge in [0.2, 0.25) is 0 Å². The first-order valence-corrected chi connectivity index (χ1v) is 13.0. The molecule has 0 spiro atoms. The minimum atomic E-state index is -1.12. The number of hydrogen-bond acceptors (Lipinski definition) is 4. The monoisotopic (exact) mass is 531 g/mol. The number of ether oxygens (including phenoxy) is 1. The first-order chi connectivity index (χ1) is 19.4. The number of pyridine rings is 1. The van der Waals surface area contributed by atoms with Gasteiger partial charge in [0.15, 0.2) is 0 Å². The van der Waals surface area contributed by atoms with E-state index in [0.29, 0.717) is 18.0 Å². The zero-order valence-electron chi connectivity index (χ0n) is 22.0. The zero-order valence-corrected chi connectivity index (χ0v) is 22.0. The summed E-state index contributed by atoms with van der Waals surface area (Å²) >= 11 is 0. The van der Waals surface area contributed by atoms with Crippen LogP contribution in [0.2, 0.25) is 0 Å². The van der Waals surface area contributed by atoms with Gasteiger partial charge in [-0.25, -0.2) is 9.78 Å². The Morgan fingerprint density at radius 3 is 2.30 bits per heavy atom. The minimum Gasteiger partial charge on any atom is -0.489 e. The van der Waals surface area contributed by atoms with E-state index < -0.39 is 17.9 Å². The highest BCUT2D eigenvalue weighted by Gasteiger charge is 2.22.